The van der Waals surface area contributed by atoms with Gasteiger partial charge in [-0.2, -0.15) is 18.2 Å². The molecule has 1 spiro atoms. The molecule has 9 heteroatoms. The van der Waals surface area contributed by atoms with E-state index in [0.717, 1.165) is 32.1 Å². The Balaban J connectivity index is 1.84. The molecule has 1 aliphatic carbocycles. The van der Waals surface area contributed by atoms with Crippen LogP contribution in [0.3, 0.4) is 0 Å². The molecule has 1 fully saturated rings. The number of hydrogen-bond donors (Lipinski definition) is 2. The number of halogens is 3. The van der Waals surface area contributed by atoms with Crippen molar-refractivity contribution in [2.75, 3.05) is 11.5 Å². The first kappa shape index (κ1) is 17.4. The fourth-order valence-corrected chi connectivity index (χ4v) is 3.35. The van der Waals surface area contributed by atoms with Crippen LogP contribution in [0, 0.1) is 0 Å². The van der Waals surface area contributed by atoms with Gasteiger partial charge in [-0.15, -0.1) is 0 Å². The van der Waals surface area contributed by atoms with Crippen molar-refractivity contribution < 1.29 is 17.9 Å². The predicted octanol–water partition coefficient (Wildman–Crippen LogP) is 2.74. The van der Waals surface area contributed by atoms with E-state index in [0.29, 0.717) is 5.69 Å². The van der Waals surface area contributed by atoms with E-state index in [2.05, 4.69) is 9.98 Å². The third kappa shape index (κ3) is 3.80. The molecular weight excluding hydrogens is 335 g/mol. The quantitative estimate of drug-likeness (QED) is 0.872. The highest BCUT2D eigenvalue weighted by Gasteiger charge is 2.42. The molecule has 0 amide bonds. The summed E-state index contributed by atoms with van der Waals surface area (Å²) in [5.74, 6) is 0.522. The predicted molar refractivity (Wildman–Crippen MR) is 89.5 cm³/mol. The Morgan fingerprint density at radius 2 is 1.72 bits per heavy atom. The molecule has 136 valence electrons. The lowest BCUT2D eigenvalue weighted by atomic mass is 9.87. The zero-order valence-electron chi connectivity index (χ0n) is 13.6. The Morgan fingerprint density at radius 1 is 1.08 bits per heavy atom. The van der Waals surface area contributed by atoms with Gasteiger partial charge in [0.25, 0.3) is 0 Å². The van der Waals surface area contributed by atoms with Gasteiger partial charge >= 0.3 is 6.18 Å². The monoisotopic (exact) mass is 355 g/mol. The number of nitrogens with two attached hydrogens (primary N) is 2. The third-order valence-electron chi connectivity index (χ3n) is 4.35. The number of anilines is 1. The number of benzene rings is 1. The summed E-state index contributed by atoms with van der Waals surface area (Å²) in [6.07, 6.45) is 0.306. The summed E-state index contributed by atoms with van der Waals surface area (Å²) < 4.78 is 41.5. The lowest BCUT2D eigenvalue weighted by Gasteiger charge is -2.45. The van der Waals surface area contributed by atoms with Crippen molar-refractivity contribution in [1.29, 1.82) is 0 Å². The van der Waals surface area contributed by atoms with Crippen molar-refractivity contribution in [2.45, 2.75) is 43.9 Å². The second-order valence-electron chi connectivity index (χ2n) is 6.22. The summed E-state index contributed by atoms with van der Waals surface area (Å²) in [4.78, 5) is 10.4. The van der Waals surface area contributed by atoms with Crippen LogP contribution in [0.25, 0.3) is 0 Å². The zero-order valence-corrected chi connectivity index (χ0v) is 13.6. The molecule has 0 saturated heterocycles. The van der Waals surface area contributed by atoms with Crippen molar-refractivity contribution in [1.82, 2.24) is 0 Å². The largest absolute Gasteiger partial charge is 0.484 e. The molecule has 3 rings (SSSR count). The van der Waals surface area contributed by atoms with Crippen LogP contribution in [0.4, 0.5) is 18.9 Å². The van der Waals surface area contributed by atoms with Crippen molar-refractivity contribution in [3.05, 3.63) is 24.3 Å². The molecule has 1 aromatic rings. The summed E-state index contributed by atoms with van der Waals surface area (Å²) in [5, 5.41) is 0. The van der Waals surface area contributed by atoms with E-state index in [1.54, 1.807) is 12.1 Å². The topological polar surface area (TPSA) is 89.2 Å². The molecule has 0 radical (unpaired) electrons. The molecular formula is C16H20F3N5O. The minimum absolute atomic E-state index is 0.134. The normalized spacial score (nSPS) is 20.2. The van der Waals surface area contributed by atoms with Gasteiger partial charge in [-0.05, 0) is 49.9 Å². The zero-order chi connectivity index (χ0) is 18.1. The van der Waals surface area contributed by atoms with E-state index in [4.69, 9.17) is 16.2 Å². The van der Waals surface area contributed by atoms with Crippen LogP contribution >= 0.6 is 0 Å². The van der Waals surface area contributed by atoms with Crippen molar-refractivity contribution in [3.63, 3.8) is 0 Å². The molecule has 25 heavy (non-hydrogen) atoms. The van der Waals surface area contributed by atoms with E-state index in [1.165, 1.54) is 12.1 Å². The molecule has 6 nitrogen and oxygen atoms in total. The van der Waals surface area contributed by atoms with Gasteiger partial charge in [0.15, 0.2) is 6.61 Å². The van der Waals surface area contributed by atoms with Gasteiger partial charge in [0, 0.05) is 5.69 Å². The number of nitrogens with zero attached hydrogens (tertiary/aromatic N) is 3. The molecule has 0 aromatic heterocycles. The lowest BCUT2D eigenvalue weighted by molar-refractivity contribution is -0.153. The van der Waals surface area contributed by atoms with Gasteiger partial charge < -0.3 is 16.2 Å². The van der Waals surface area contributed by atoms with E-state index >= 15 is 0 Å². The molecule has 1 aliphatic heterocycles. The van der Waals surface area contributed by atoms with Crippen LogP contribution in [0.2, 0.25) is 0 Å². The second kappa shape index (κ2) is 6.45. The highest BCUT2D eigenvalue weighted by Crippen LogP contribution is 2.39. The average Bonchev–Trinajstić information content (AvgIpc) is 2.53. The fourth-order valence-electron chi connectivity index (χ4n) is 3.35. The van der Waals surface area contributed by atoms with Crippen LogP contribution in [0.5, 0.6) is 5.75 Å². The van der Waals surface area contributed by atoms with Crippen LogP contribution in [0.15, 0.2) is 34.3 Å². The van der Waals surface area contributed by atoms with Crippen LogP contribution in [-0.2, 0) is 0 Å². The Kier molecular flexibility index (Phi) is 4.49. The van der Waals surface area contributed by atoms with Crippen LogP contribution < -0.4 is 21.1 Å². The van der Waals surface area contributed by atoms with Gasteiger partial charge in [-0.25, -0.2) is 4.99 Å². The van der Waals surface area contributed by atoms with Crippen molar-refractivity contribution in [2.24, 2.45) is 21.5 Å². The molecule has 1 heterocycles. The number of rotatable bonds is 3. The highest BCUT2D eigenvalue weighted by atomic mass is 19.4. The van der Waals surface area contributed by atoms with Gasteiger partial charge in [0.2, 0.25) is 11.9 Å². The van der Waals surface area contributed by atoms with E-state index in [9.17, 15) is 13.2 Å². The standard InChI is InChI=1S/C16H20F3N5O/c17-16(18,19)10-25-12-6-4-11(5-7-12)24-14(21)22-13(20)23-15(24)8-2-1-3-9-15/h4-7H,1-3,8-10H2,(H4,20,21,22,23). The summed E-state index contributed by atoms with van der Waals surface area (Å²) in [5.41, 5.74) is 12.0. The minimum atomic E-state index is -4.37. The number of ether oxygens (including phenoxy) is 1. The van der Waals surface area contributed by atoms with E-state index in [1.807, 2.05) is 4.90 Å². The van der Waals surface area contributed by atoms with Gasteiger partial charge in [0.1, 0.15) is 11.4 Å². The molecule has 1 saturated carbocycles. The number of aliphatic imine (C=N–C) groups is 2. The second-order valence-corrected chi connectivity index (χ2v) is 6.22. The Morgan fingerprint density at radius 3 is 2.32 bits per heavy atom. The summed E-state index contributed by atoms with van der Waals surface area (Å²) >= 11 is 0. The Bertz CT molecular complexity index is 678. The highest BCUT2D eigenvalue weighted by molar-refractivity contribution is 6.05. The average molecular weight is 355 g/mol. The number of alkyl halides is 3. The maximum atomic E-state index is 12.2. The van der Waals surface area contributed by atoms with E-state index in [-0.39, 0.29) is 17.7 Å². The first-order valence-electron chi connectivity index (χ1n) is 8.08. The Hall–Kier alpha value is -2.45. The fraction of sp³-hybridized carbons (Fsp3) is 0.500. The summed E-state index contributed by atoms with van der Waals surface area (Å²) in [7, 11) is 0. The van der Waals surface area contributed by atoms with Gasteiger partial charge in [-0.3, -0.25) is 4.90 Å². The maximum Gasteiger partial charge on any atom is 0.422 e. The van der Waals surface area contributed by atoms with E-state index < -0.39 is 18.4 Å². The summed E-state index contributed by atoms with van der Waals surface area (Å²) in [6, 6.07) is 6.27. The number of guanidine groups is 2. The van der Waals surface area contributed by atoms with Crippen LogP contribution in [0.1, 0.15) is 32.1 Å². The van der Waals surface area contributed by atoms with Crippen LogP contribution in [-0.4, -0.2) is 30.4 Å². The lowest BCUT2D eigenvalue weighted by Crippen LogP contribution is -2.58. The summed E-state index contributed by atoms with van der Waals surface area (Å²) in [6.45, 7) is -1.33. The molecule has 0 unspecified atom stereocenters. The van der Waals surface area contributed by atoms with Crippen molar-refractivity contribution in [3.8, 4) is 5.75 Å². The minimum Gasteiger partial charge on any atom is -0.484 e. The van der Waals surface area contributed by atoms with Gasteiger partial charge in [-0.1, -0.05) is 6.42 Å². The first-order chi connectivity index (χ1) is 11.8. The molecule has 4 N–H and O–H groups in total. The molecule has 2 aliphatic rings. The molecule has 1 aromatic carbocycles. The SMILES string of the molecule is NC1=NC2(CCCCC2)N(c2ccc(OCC(F)(F)F)cc2)C(N)=N1. The third-order valence-corrected chi connectivity index (χ3v) is 4.35. The first-order valence-corrected chi connectivity index (χ1v) is 8.08. The smallest absolute Gasteiger partial charge is 0.422 e. The number of hydrogen-bond acceptors (Lipinski definition) is 6. The maximum absolute atomic E-state index is 12.2. The van der Waals surface area contributed by atoms with Crippen molar-refractivity contribution >= 4 is 17.6 Å². The molecule has 0 bridgehead atoms. The Labute approximate surface area is 143 Å². The molecule has 0 atom stereocenters. The van der Waals surface area contributed by atoms with Gasteiger partial charge in [0.05, 0.1) is 0 Å².